The lowest BCUT2D eigenvalue weighted by Crippen LogP contribution is -1.99. The van der Waals surface area contributed by atoms with E-state index in [4.69, 9.17) is 4.57 Å². The smallest absolute Gasteiger partial charge is 0.272 e. The molecule has 0 unspecified atom stereocenters. The molecular weight excluding hydrogens is 85.7 g/mol. The molecule has 0 aromatic rings. The maximum atomic E-state index is 4.88. The van der Waals surface area contributed by atoms with Crippen molar-refractivity contribution in [3.8, 4) is 0 Å². The highest BCUT2D eigenvalue weighted by Gasteiger charge is 1.85. The summed E-state index contributed by atoms with van der Waals surface area (Å²) in [4.78, 5) is 0. The molecule has 1 nitrogen and oxygen atoms in total. The van der Waals surface area contributed by atoms with Gasteiger partial charge in [-0.15, -0.1) is 0 Å². The summed E-state index contributed by atoms with van der Waals surface area (Å²) in [5, 5.41) is 0. The highest BCUT2D eigenvalue weighted by molar-refractivity contribution is 6.42. The van der Waals surface area contributed by atoms with Crippen LogP contribution in [0.25, 0.3) is 0 Å². The van der Waals surface area contributed by atoms with Crippen molar-refractivity contribution < 1.29 is 4.57 Å². The highest BCUT2D eigenvalue weighted by atomic mass is 16.4. The van der Waals surface area contributed by atoms with E-state index in [0.717, 1.165) is 12.6 Å². The van der Waals surface area contributed by atoms with Gasteiger partial charge in [-0.1, -0.05) is 26.5 Å². The maximum absolute atomic E-state index is 4.88. The fourth-order valence-electron chi connectivity index (χ4n) is 0.260. The SMILES string of the molecule is CC[B]O[B]CC. The van der Waals surface area contributed by atoms with Gasteiger partial charge in [-0.2, -0.15) is 0 Å². The predicted molar refractivity (Wildman–Crippen MR) is 33.6 cm³/mol. The normalized spacial score (nSPS) is 8.29. The first-order valence-corrected chi connectivity index (χ1v) is 2.70. The zero-order valence-corrected chi connectivity index (χ0v) is 4.98. The molecule has 38 valence electrons. The molecule has 0 heterocycles. The minimum absolute atomic E-state index is 0.983. The van der Waals surface area contributed by atoms with Crippen molar-refractivity contribution in [2.45, 2.75) is 26.5 Å². The van der Waals surface area contributed by atoms with Gasteiger partial charge in [0.2, 0.25) is 0 Å². The van der Waals surface area contributed by atoms with Gasteiger partial charge in [-0.05, 0) is 0 Å². The second-order valence-corrected chi connectivity index (χ2v) is 1.29. The lowest BCUT2D eigenvalue weighted by Gasteiger charge is -1.91. The van der Waals surface area contributed by atoms with E-state index in [9.17, 15) is 0 Å². The van der Waals surface area contributed by atoms with E-state index in [-0.39, 0.29) is 0 Å². The molecule has 0 aromatic heterocycles. The third-order valence-electron chi connectivity index (χ3n) is 0.526. The van der Waals surface area contributed by atoms with Gasteiger partial charge in [0.05, 0.1) is 0 Å². The molecule has 0 aromatic carbocycles. The minimum Gasteiger partial charge on any atom is -0.506 e. The fourth-order valence-corrected chi connectivity index (χ4v) is 0.260. The summed E-state index contributed by atoms with van der Waals surface area (Å²) in [6.07, 6.45) is 1.97. The van der Waals surface area contributed by atoms with Crippen molar-refractivity contribution >= 4 is 15.0 Å². The number of rotatable bonds is 4. The molecular formula is C4H10B2O. The van der Waals surface area contributed by atoms with Crippen molar-refractivity contribution in [1.29, 1.82) is 0 Å². The lowest BCUT2D eigenvalue weighted by atomic mass is 9.88. The lowest BCUT2D eigenvalue weighted by molar-refractivity contribution is 0.637. The second kappa shape index (κ2) is 6.09. The molecule has 0 bridgehead atoms. The van der Waals surface area contributed by atoms with Crippen LogP contribution in [0.4, 0.5) is 0 Å². The van der Waals surface area contributed by atoms with E-state index in [1.54, 1.807) is 15.0 Å². The van der Waals surface area contributed by atoms with Crippen LogP contribution in [0.2, 0.25) is 12.6 Å². The molecule has 7 heavy (non-hydrogen) atoms. The number of hydrogen-bond donors (Lipinski definition) is 0. The van der Waals surface area contributed by atoms with Crippen LogP contribution in [0.1, 0.15) is 13.8 Å². The van der Waals surface area contributed by atoms with Crippen LogP contribution in [-0.2, 0) is 4.57 Å². The van der Waals surface area contributed by atoms with Crippen molar-refractivity contribution in [2.75, 3.05) is 0 Å². The first-order valence-electron chi connectivity index (χ1n) is 2.70. The fraction of sp³-hybridized carbons (Fsp3) is 1.00. The Balaban J connectivity index is 2.45. The molecule has 0 aliphatic carbocycles. The summed E-state index contributed by atoms with van der Waals surface area (Å²) < 4.78 is 4.88. The third kappa shape index (κ3) is 6.09. The average molecular weight is 95.7 g/mol. The Hall–Kier alpha value is 0.0899. The van der Waals surface area contributed by atoms with E-state index >= 15 is 0 Å². The zero-order valence-electron chi connectivity index (χ0n) is 4.98. The monoisotopic (exact) mass is 96.1 g/mol. The summed E-state index contributed by atoms with van der Waals surface area (Å²) in [6.45, 7) is 4.09. The summed E-state index contributed by atoms with van der Waals surface area (Å²) in [6, 6.07) is 0. The molecule has 0 saturated heterocycles. The van der Waals surface area contributed by atoms with E-state index < -0.39 is 0 Å². The van der Waals surface area contributed by atoms with Gasteiger partial charge >= 0.3 is 0 Å². The molecule has 3 heteroatoms. The molecule has 0 amide bonds. The van der Waals surface area contributed by atoms with Crippen LogP contribution in [0.15, 0.2) is 0 Å². The summed E-state index contributed by atoms with van der Waals surface area (Å²) in [5.41, 5.74) is 0. The van der Waals surface area contributed by atoms with Gasteiger partial charge in [-0.25, -0.2) is 0 Å². The van der Waals surface area contributed by atoms with Crippen LogP contribution in [-0.4, -0.2) is 15.0 Å². The molecule has 0 N–H and O–H groups in total. The van der Waals surface area contributed by atoms with Crippen LogP contribution < -0.4 is 0 Å². The zero-order chi connectivity index (χ0) is 5.54. The Morgan fingerprint density at radius 2 is 1.57 bits per heavy atom. The Morgan fingerprint density at radius 3 is 1.86 bits per heavy atom. The van der Waals surface area contributed by atoms with Gasteiger partial charge in [0.1, 0.15) is 0 Å². The molecule has 0 aliphatic rings. The van der Waals surface area contributed by atoms with Crippen molar-refractivity contribution in [1.82, 2.24) is 0 Å². The molecule has 0 atom stereocenters. The van der Waals surface area contributed by atoms with Crippen molar-refractivity contribution in [2.24, 2.45) is 0 Å². The van der Waals surface area contributed by atoms with E-state index in [2.05, 4.69) is 0 Å². The maximum Gasteiger partial charge on any atom is 0.272 e. The standard InChI is InChI=1S/C4H10B2O/c1-3-5-7-6-4-2/h3-4H2,1-2H3. The predicted octanol–water partition coefficient (Wildman–Crippen LogP) is 1.12. The first kappa shape index (κ1) is 7.09. The van der Waals surface area contributed by atoms with E-state index in [1.165, 1.54) is 0 Å². The molecule has 0 rings (SSSR count). The first-order chi connectivity index (χ1) is 3.41. The van der Waals surface area contributed by atoms with E-state index in [0.29, 0.717) is 0 Å². The van der Waals surface area contributed by atoms with Gasteiger partial charge in [0, 0.05) is 0 Å². The van der Waals surface area contributed by atoms with Crippen LogP contribution in [0, 0.1) is 0 Å². The molecule has 0 fully saturated rings. The van der Waals surface area contributed by atoms with E-state index in [1.807, 2.05) is 13.8 Å². The van der Waals surface area contributed by atoms with Crippen molar-refractivity contribution in [3.05, 3.63) is 0 Å². The Morgan fingerprint density at radius 1 is 1.14 bits per heavy atom. The third-order valence-corrected chi connectivity index (χ3v) is 0.526. The molecule has 0 aliphatic heterocycles. The summed E-state index contributed by atoms with van der Waals surface area (Å²) in [7, 11) is 3.56. The van der Waals surface area contributed by atoms with Crippen LogP contribution in [0.3, 0.4) is 0 Å². The Labute approximate surface area is 47.0 Å². The Bertz CT molecular complexity index is 28.9. The largest absolute Gasteiger partial charge is 0.506 e. The summed E-state index contributed by atoms with van der Waals surface area (Å²) in [5.74, 6) is 0. The molecule has 0 spiro atoms. The van der Waals surface area contributed by atoms with Gasteiger partial charge in [0.15, 0.2) is 0 Å². The number of hydrogen-bond acceptors (Lipinski definition) is 1. The minimum atomic E-state index is 0.983. The Kier molecular flexibility index (Phi) is 6.17. The quantitative estimate of drug-likeness (QED) is 0.376. The van der Waals surface area contributed by atoms with Gasteiger partial charge in [-0.3, -0.25) is 0 Å². The average Bonchev–Trinajstić information content (AvgIpc) is 1.69. The molecule has 0 saturated carbocycles. The van der Waals surface area contributed by atoms with Crippen molar-refractivity contribution in [3.63, 3.8) is 0 Å². The highest BCUT2D eigenvalue weighted by Crippen LogP contribution is 1.77. The second-order valence-electron chi connectivity index (χ2n) is 1.29. The van der Waals surface area contributed by atoms with Gasteiger partial charge in [0.25, 0.3) is 15.0 Å². The van der Waals surface area contributed by atoms with Crippen LogP contribution in [0.5, 0.6) is 0 Å². The molecule has 2 radical (unpaired) electrons. The van der Waals surface area contributed by atoms with Gasteiger partial charge < -0.3 is 4.57 Å². The topological polar surface area (TPSA) is 9.23 Å². The summed E-state index contributed by atoms with van der Waals surface area (Å²) >= 11 is 0. The van der Waals surface area contributed by atoms with Crippen LogP contribution >= 0.6 is 0 Å².